The van der Waals surface area contributed by atoms with Gasteiger partial charge in [-0.3, -0.25) is 19.1 Å². The normalized spacial score (nSPS) is 14.5. The summed E-state index contributed by atoms with van der Waals surface area (Å²) < 4.78 is 11.4. The zero-order valence-electron chi connectivity index (χ0n) is 16.4. The van der Waals surface area contributed by atoms with Crippen molar-refractivity contribution in [1.29, 1.82) is 0 Å². The number of aromatic nitrogens is 3. The molecule has 0 fully saturated rings. The van der Waals surface area contributed by atoms with E-state index < -0.39 is 10.8 Å². The molecule has 0 spiro atoms. The number of nitrogens with zero attached hydrogens (tertiary/aromatic N) is 2. The van der Waals surface area contributed by atoms with Gasteiger partial charge in [0.25, 0.3) is 0 Å². The van der Waals surface area contributed by atoms with E-state index in [9.17, 15) is 9.00 Å². The first-order valence-corrected chi connectivity index (χ1v) is 11.1. The van der Waals surface area contributed by atoms with E-state index in [1.807, 2.05) is 31.2 Å². The molecule has 2 heterocycles. The Hall–Kier alpha value is -2.54. The lowest BCUT2D eigenvalue weighted by Gasteiger charge is -2.11. The van der Waals surface area contributed by atoms with Gasteiger partial charge < -0.3 is 5.32 Å². The molecule has 0 aliphatic heterocycles. The molecule has 0 aliphatic carbocycles. The van der Waals surface area contributed by atoms with Gasteiger partial charge in [0.05, 0.1) is 10.9 Å². The SMILES string of the molecule is CC(CS(C)=O)Nc1n[nH]c2cc(CC(=O)C[C@H](C)c3ccccc3)ncc12. The van der Waals surface area contributed by atoms with Crippen molar-refractivity contribution < 1.29 is 9.00 Å². The number of hydrogen-bond donors (Lipinski definition) is 2. The lowest BCUT2D eigenvalue weighted by Crippen LogP contribution is -2.22. The Bertz CT molecular complexity index is 971. The number of benzene rings is 1. The molecule has 6 nitrogen and oxygen atoms in total. The summed E-state index contributed by atoms with van der Waals surface area (Å²) in [7, 11) is -0.874. The van der Waals surface area contributed by atoms with Crippen molar-refractivity contribution in [2.45, 2.75) is 38.6 Å². The smallest absolute Gasteiger partial charge is 0.157 e. The zero-order valence-corrected chi connectivity index (χ0v) is 17.3. The molecule has 0 saturated heterocycles. The van der Waals surface area contributed by atoms with Crippen LogP contribution < -0.4 is 5.32 Å². The maximum atomic E-state index is 12.5. The van der Waals surface area contributed by atoms with E-state index in [1.54, 1.807) is 12.5 Å². The van der Waals surface area contributed by atoms with Gasteiger partial charge in [-0.1, -0.05) is 37.3 Å². The highest BCUT2D eigenvalue weighted by Crippen LogP contribution is 2.23. The molecule has 0 radical (unpaired) electrons. The molecular formula is C21H26N4O2S. The third kappa shape index (κ3) is 5.25. The third-order valence-corrected chi connectivity index (χ3v) is 5.62. The molecule has 2 N–H and O–H groups in total. The van der Waals surface area contributed by atoms with Gasteiger partial charge in [-0.2, -0.15) is 5.10 Å². The predicted molar refractivity (Wildman–Crippen MR) is 114 cm³/mol. The molecule has 1 aromatic carbocycles. The number of carbonyl (C=O) groups excluding carboxylic acids is 1. The second kappa shape index (κ2) is 9.10. The van der Waals surface area contributed by atoms with E-state index in [1.165, 1.54) is 5.56 Å². The molecule has 148 valence electrons. The molecular weight excluding hydrogens is 372 g/mol. The summed E-state index contributed by atoms with van der Waals surface area (Å²) in [6, 6.07) is 12.0. The average Bonchev–Trinajstić information content (AvgIpc) is 3.03. The standard InChI is InChI=1S/C21H26N4O2S/c1-14(16-7-5-4-6-8-16)9-18(26)10-17-11-20-19(12-22-17)21(25-24-20)23-15(2)13-28(3)27/h4-8,11-12,14-15H,9-10,13H2,1-3H3,(H2,23,24,25)/t14-,15?,28?/m0/s1. The molecule has 3 atom stereocenters. The second-order valence-corrected chi connectivity index (χ2v) is 8.79. The van der Waals surface area contributed by atoms with Gasteiger partial charge in [0.1, 0.15) is 5.78 Å². The summed E-state index contributed by atoms with van der Waals surface area (Å²) in [4.78, 5) is 16.9. The minimum atomic E-state index is -0.874. The summed E-state index contributed by atoms with van der Waals surface area (Å²) in [5.41, 5.74) is 2.74. The second-order valence-electron chi connectivity index (χ2n) is 7.31. The van der Waals surface area contributed by atoms with E-state index in [-0.39, 0.29) is 17.7 Å². The van der Waals surface area contributed by atoms with Crippen LogP contribution in [0, 0.1) is 0 Å². The van der Waals surface area contributed by atoms with Crippen LogP contribution in [0.5, 0.6) is 0 Å². The topological polar surface area (TPSA) is 87.7 Å². The zero-order chi connectivity index (χ0) is 20.1. The van der Waals surface area contributed by atoms with E-state index in [0.717, 1.165) is 16.6 Å². The van der Waals surface area contributed by atoms with Gasteiger partial charge in [-0.05, 0) is 24.5 Å². The van der Waals surface area contributed by atoms with Crippen molar-refractivity contribution >= 4 is 33.3 Å². The number of carbonyl (C=O) groups is 1. The monoisotopic (exact) mass is 398 g/mol. The molecule has 3 rings (SSSR count). The quantitative estimate of drug-likeness (QED) is 0.576. The van der Waals surface area contributed by atoms with E-state index in [0.29, 0.717) is 24.4 Å². The minimum Gasteiger partial charge on any atom is -0.365 e. The number of fused-ring (bicyclic) bond motifs is 1. The predicted octanol–water partition coefficient (Wildman–Crippen LogP) is 3.44. The minimum absolute atomic E-state index is 0.0399. The molecule has 0 aliphatic rings. The summed E-state index contributed by atoms with van der Waals surface area (Å²) in [6.07, 6.45) is 4.22. The van der Waals surface area contributed by atoms with Crippen LogP contribution in [0.2, 0.25) is 0 Å². The van der Waals surface area contributed by atoms with Gasteiger partial charge >= 0.3 is 0 Å². The van der Waals surface area contributed by atoms with Crippen molar-refractivity contribution in [3.8, 4) is 0 Å². The third-order valence-electron chi connectivity index (χ3n) is 4.65. The number of hydrogen-bond acceptors (Lipinski definition) is 5. The summed E-state index contributed by atoms with van der Waals surface area (Å²) in [5, 5.41) is 11.4. The Morgan fingerprint density at radius 1 is 1.25 bits per heavy atom. The van der Waals surface area contributed by atoms with Crippen molar-refractivity contribution in [3.05, 3.63) is 53.9 Å². The fourth-order valence-electron chi connectivity index (χ4n) is 3.31. The number of aromatic amines is 1. The number of pyridine rings is 1. The van der Waals surface area contributed by atoms with E-state index >= 15 is 0 Å². The van der Waals surface area contributed by atoms with Crippen LogP contribution in [0.4, 0.5) is 5.82 Å². The van der Waals surface area contributed by atoms with E-state index in [2.05, 4.69) is 39.6 Å². The molecule has 7 heteroatoms. The summed E-state index contributed by atoms with van der Waals surface area (Å²) >= 11 is 0. The van der Waals surface area contributed by atoms with Gasteiger partial charge in [-0.25, -0.2) is 0 Å². The molecule has 28 heavy (non-hydrogen) atoms. The lowest BCUT2D eigenvalue weighted by molar-refractivity contribution is -0.118. The molecule has 3 aromatic rings. The molecule has 2 aromatic heterocycles. The molecule has 0 bridgehead atoms. The lowest BCUT2D eigenvalue weighted by atomic mass is 9.94. The van der Waals surface area contributed by atoms with Gasteiger partial charge in [-0.15, -0.1) is 0 Å². The first-order chi connectivity index (χ1) is 13.4. The summed E-state index contributed by atoms with van der Waals surface area (Å²) in [5.74, 6) is 1.59. The Balaban J connectivity index is 1.64. The van der Waals surface area contributed by atoms with Crippen molar-refractivity contribution in [2.75, 3.05) is 17.3 Å². The van der Waals surface area contributed by atoms with Gasteiger partial charge in [0, 0.05) is 53.6 Å². The highest BCUT2D eigenvalue weighted by atomic mass is 32.2. The number of Topliss-reactive ketones (excluding diaryl/α,β-unsaturated/α-hetero) is 1. The van der Waals surface area contributed by atoms with E-state index in [4.69, 9.17) is 0 Å². The van der Waals surface area contributed by atoms with Crippen LogP contribution >= 0.6 is 0 Å². The number of H-pyrrole nitrogens is 1. The van der Waals surface area contributed by atoms with Crippen molar-refractivity contribution in [3.63, 3.8) is 0 Å². The highest BCUT2D eigenvalue weighted by molar-refractivity contribution is 7.84. The number of ketones is 1. The van der Waals surface area contributed by atoms with Crippen LogP contribution in [0.15, 0.2) is 42.6 Å². The maximum Gasteiger partial charge on any atom is 0.157 e. The van der Waals surface area contributed by atoms with Gasteiger partial charge in [0.15, 0.2) is 5.82 Å². The van der Waals surface area contributed by atoms with Crippen LogP contribution in [0.25, 0.3) is 10.9 Å². The van der Waals surface area contributed by atoms with Crippen molar-refractivity contribution in [2.24, 2.45) is 0 Å². The number of rotatable bonds is 9. The molecule has 0 saturated carbocycles. The first-order valence-electron chi connectivity index (χ1n) is 9.38. The summed E-state index contributed by atoms with van der Waals surface area (Å²) in [6.45, 7) is 4.04. The largest absolute Gasteiger partial charge is 0.365 e. The van der Waals surface area contributed by atoms with Crippen LogP contribution in [-0.2, 0) is 22.0 Å². The maximum absolute atomic E-state index is 12.5. The number of anilines is 1. The Kier molecular flexibility index (Phi) is 6.57. The van der Waals surface area contributed by atoms with Gasteiger partial charge in [0.2, 0.25) is 0 Å². The van der Waals surface area contributed by atoms with Crippen LogP contribution in [-0.4, -0.2) is 43.2 Å². The van der Waals surface area contributed by atoms with Crippen LogP contribution in [0.1, 0.15) is 37.4 Å². The first kappa shape index (κ1) is 20.2. The number of nitrogens with one attached hydrogen (secondary N) is 2. The highest BCUT2D eigenvalue weighted by Gasteiger charge is 2.15. The Morgan fingerprint density at radius 2 is 2.00 bits per heavy atom. The Morgan fingerprint density at radius 3 is 2.71 bits per heavy atom. The molecule has 2 unspecified atom stereocenters. The fraction of sp³-hybridized carbons (Fsp3) is 0.381. The Labute approximate surface area is 167 Å². The molecule has 0 amide bonds. The van der Waals surface area contributed by atoms with Crippen LogP contribution in [0.3, 0.4) is 0 Å². The average molecular weight is 399 g/mol. The van der Waals surface area contributed by atoms with Crippen molar-refractivity contribution in [1.82, 2.24) is 15.2 Å². The fourth-order valence-corrected chi connectivity index (χ4v) is 4.09.